The van der Waals surface area contributed by atoms with Crippen molar-refractivity contribution in [3.8, 4) is 0 Å². The van der Waals surface area contributed by atoms with Gasteiger partial charge in [0.2, 0.25) is 0 Å². The number of nitrogens with zero attached hydrogens (tertiary/aromatic N) is 1. The van der Waals surface area contributed by atoms with Crippen LogP contribution in [0.1, 0.15) is 22.7 Å². The van der Waals surface area contributed by atoms with E-state index in [0.29, 0.717) is 5.69 Å². The number of rotatable bonds is 8. The van der Waals surface area contributed by atoms with Gasteiger partial charge < -0.3 is 5.11 Å². The molecule has 0 aliphatic carbocycles. The first kappa shape index (κ1) is 16.1. The Kier molecular flexibility index (Phi) is 5.90. The maximum Gasteiger partial charge on any atom is 0.156 e. The molecule has 0 bridgehead atoms. The maximum absolute atomic E-state index is 11.8. The van der Waals surface area contributed by atoms with Crippen LogP contribution in [-0.4, -0.2) is 30.9 Å². The molecular formula is C15H19NO3S2. The summed E-state index contributed by atoms with van der Waals surface area (Å²) in [7, 11) is -3.17. The first-order chi connectivity index (χ1) is 10.1. The van der Waals surface area contributed by atoms with Gasteiger partial charge >= 0.3 is 0 Å². The summed E-state index contributed by atoms with van der Waals surface area (Å²) in [4.78, 5) is 4.40. The Morgan fingerprint density at radius 1 is 1.14 bits per heavy atom. The Morgan fingerprint density at radius 2 is 1.90 bits per heavy atom. The van der Waals surface area contributed by atoms with Gasteiger partial charge in [-0.2, -0.15) is 0 Å². The highest BCUT2D eigenvalue weighted by Crippen LogP contribution is 2.15. The smallest absolute Gasteiger partial charge is 0.156 e. The Labute approximate surface area is 129 Å². The molecule has 2 rings (SSSR count). The van der Waals surface area contributed by atoms with E-state index in [-0.39, 0.29) is 24.5 Å². The number of hydrogen-bond donors (Lipinski definition) is 1. The lowest BCUT2D eigenvalue weighted by Gasteiger charge is -2.00. The standard InChI is InChI=1S/C15H19NO3S2/c17-9-4-10-21(18,19)12-14-11-20-15(16-14)8-7-13-5-2-1-3-6-13/h1-3,5-6,11,17H,4,7-10,12H2. The van der Waals surface area contributed by atoms with Gasteiger partial charge in [-0.15, -0.1) is 11.3 Å². The number of sulfone groups is 1. The van der Waals surface area contributed by atoms with E-state index in [1.54, 1.807) is 0 Å². The van der Waals surface area contributed by atoms with Crippen molar-refractivity contribution >= 4 is 21.2 Å². The van der Waals surface area contributed by atoms with Crippen LogP contribution in [0, 0.1) is 0 Å². The molecule has 1 N–H and O–H groups in total. The second-order valence-corrected chi connectivity index (χ2v) is 8.01. The van der Waals surface area contributed by atoms with E-state index in [9.17, 15) is 8.42 Å². The molecule has 0 saturated heterocycles. The van der Waals surface area contributed by atoms with Crippen LogP contribution in [0.25, 0.3) is 0 Å². The summed E-state index contributed by atoms with van der Waals surface area (Å²) in [6.07, 6.45) is 2.02. The fourth-order valence-electron chi connectivity index (χ4n) is 2.01. The molecule has 0 radical (unpaired) electrons. The van der Waals surface area contributed by atoms with E-state index in [1.165, 1.54) is 16.9 Å². The van der Waals surface area contributed by atoms with E-state index in [4.69, 9.17) is 5.11 Å². The molecule has 1 aromatic carbocycles. The highest BCUT2D eigenvalue weighted by atomic mass is 32.2. The Balaban J connectivity index is 1.89. The normalized spacial score (nSPS) is 11.7. The zero-order valence-electron chi connectivity index (χ0n) is 11.7. The number of aromatic nitrogens is 1. The van der Waals surface area contributed by atoms with Gasteiger partial charge in [-0.3, -0.25) is 0 Å². The number of benzene rings is 1. The molecule has 2 aromatic rings. The second kappa shape index (κ2) is 7.68. The third-order valence-electron chi connectivity index (χ3n) is 3.05. The molecule has 4 nitrogen and oxygen atoms in total. The van der Waals surface area contributed by atoms with Crippen molar-refractivity contribution in [2.24, 2.45) is 0 Å². The van der Waals surface area contributed by atoms with Crippen molar-refractivity contribution < 1.29 is 13.5 Å². The van der Waals surface area contributed by atoms with E-state index < -0.39 is 9.84 Å². The third kappa shape index (κ3) is 5.57. The first-order valence-corrected chi connectivity index (χ1v) is 9.57. The van der Waals surface area contributed by atoms with Crippen LogP contribution in [0.5, 0.6) is 0 Å². The van der Waals surface area contributed by atoms with Gasteiger partial charge in [0.05, 0.1) is 22.2 Å². The number of thiazole rings is 1. The van der Waals surface area contributed by atoms with Gasteiger partial charge in [-0.05, 0) is 18.4 Å². The minimum atomic E-state index is -3.17. The number of hydrogen-bond acceptors (Lipinski definition) is 5. The average Bonchev–Trinajstić information content (AvgIpc) is 2.91. The quantitative estimate of drug-likeness (QED) is 0.808. The van der Waals surface area contributed by atoms with Crippen molar-refractivity contribution in [3.63, 3.8) is 0 Å². The highest BCUT2D eigenvalue weighted by molar-refractivity contribution is 7.90. The lowest BCUT2D eigenvalue weighted by atomic mass is 10.1. The molecule has 0 atom stereocenters. The monoisotopic (exact) mass is 325 g/mol. The summed E-state index contributed by atoms with van der Waals surface area (Å²) in [6, 6.07) is 10.2. The van der Waals surface area contributed by atoms with E-state index in [1.807, 2.05) is 23.6 Å². The molecule has 1 heterocycles. The predicted octanol–water partition coefficient (Wildman–Crippen LogP) is 2.23. The summed E-state index contributed by atoms with van der Waals surface area (Å²) in [5.74, 6) is -0.0186. The molecule has 0 aliphatic heterocycles. The van der Waals surface area contributed by atoms with Crippen LogP contribution in [0.2, 0.25) is 0 Å². The van der Waals surface area contributed by atoms with E-state index in [0.717, 1.165) is 17.8 Å². The van der Waals surface area contributed by atoms with Gasteiger partial charge in [0.15, 0.2) is 9.84 Å². The van der Waals surface area contributed by atoms with Crippen LogP contribution in [0.3, 0.4) is 0 Å². The molecule has 0 aliphatic rings. The second-order valence-electron chi connectivity index (χ2n) is 4.89. The van der Waals surface area contributed by atoms with Gasteiger partial charge in [0, 0.05) is 18.4 Å². The summed E-state index contributed by atoms with van der Waals surface area (Å²) in [6.45, 7) is -0.0986. The van der Waals surface area contributed by atoms with Crippen molar-refractivity contribution in [2.45, 2.75) is 25.0 Å². The summed E-state index contributed by atoms with van der Waals surface area (Å²) in [5, 5.41) is 11.5. The van der Waals surface area contributed by atoms with Gasteiger partial charge in [-0.1, -0.05) is 30.3 Å². The van der Waals surface area contributed by atoms with Crippen LogP contribution >= 0.6 is 11.3 Å². The van der Waals surface area contributed by atoms with Crippen LogP contribution in [-0.2, 0) is 28.4 Å². The SMILES string of the molecule is O=S(=O)(CCCO)Cc1csc(CCc2ccccc2)n1. The van der Waals surface area contributed by atoms with Crippen LogP contribution in [0.15, 0.2) is 35.7 Å². The average molecular weight is 325 g/mol. The number of aryl methyl sites for hydroxylation is 2. The Hall–Kier alpha value is -1.24. The van der Waals surface area contributed by atoms with Gasteiger partial charge in [0.1, 0.15) is 0 Å². The summed E-state index contributed by atoms with van der Waals surface area (Å²) < 4.78 is 23.6. The minimum absolute atomic E-state index is 0.0143. The van der Waals surface area contributed by atoms with Gasteiger partial charge in [0.25, 0.3) is 0 Å². The largest absolute Gasteiger partial charge is 0.396 e. The summed E-state index contributed by atoms with van der Waals surface area (Å²) >= 11 is 1.51. The highest BCUT2D eigenvalue weighted by Gasteiger charge is 2.14. The van der Waals surface area contributed by atoms with Crippen molar-refractivity contribution in [3.05, 3.63) is 52.0 Å². The molecule has 0 amide bonds. The lowest BCUT2D eigenvalue weighted by molar-refractivity contribution is 0.295. The van der Waals surface area contributed by atoms with E-state index >= 15 is 0 Å². The lowest BCUT2D eigenvalue weighted by Crippen LogP contribution is -2.10. The van der Waals surface area contributed by atoms with E-state index in [2.05, 4.69) is 17.1 Å². The maximum atomic E-state index is 11.8. The summed E-state index contributed by atoms with van der Waals surface area (Å²) in [5.41, 5.74) is 1.87. The van der Waals surface area contributed by atoms with Gasteiger partial charge in [-0.25, -0.2) is 13.4 Å². The molecule has 0 saturated carbocycles. The third-order valence-corrected chi connectivity index (χ3v) is 5.65. The zero-order valence-corrected chi connectivity index (χ0v) is 13.4. The predicted molar refractivity (Wildman–Crippen MR) is 85.2 cm³/mol. The fourth-order valence-corrected chi connectivity index (χ4v) is 4.22. The Morgan fingerprint density at radius 3 is 2.62 bits per heavy atom. The van der Waals surface area contributed by atoms with Crippen LogP contribution in [0.4, 0.5) is 0 Å². The number of aliphatic hydroxyl groups excluding tert-OH is 1. The molecule has 114 valence electrons. The van der Waals surface area contributed by atoms with Crippen LogP contribution < -0.4 is 0 Å². The minimum Gasteiger partial charge on any atom is -0.396 e. The first-order valence-electron chi connectivity index (χ1n) is 6.87. The van der Waals surface area contributed by atoms with Crippen molar-refractivity contribution in [1.82, 2.24) is 4.98 Å². The molecule has 0 fully saturated rings. The number of aliphatic hydroxyl groups is 1. The molecular weight excluding hydrogens is 306 g/mol. The zero-order chi connectivity index (χ0) is 15.1. The van der Waals surface area contributed by atoms with Crippen molar-refractivity contribution in [2.75, 3.05) is 12.4 Å². The molecule has 1 aromatic heterocycles. The van der Waals surface area contributed by atoms with Crippen molar-refractivity contribution in [1.29, 1.82) is 0 Å². The molecule has 6 heteroatoms. The Bertz CT molecular complexity index is 651. The molecule has 0 spiro atoms. The fraction of sp³-hybridized carbons (Fsp3) is 0.400. The molecule has 21 heavy (non-hydrogen) atoms. The molecule has 0 unspecified atom stereocenters. The topological polar surface area (TPSA) is 67.3 Å².